The van der Waals surface area contributed by atoms with Crippen LogP contribution in [0.2, 0.25) is 0 Å². The van der Waals surface area contributed by atoms with E-state index in [4.69, 9.17) is 9.84 Å². The Morgan fingerprint density at radius 2 is 1.93 bits per heavy atom. The number of hydrogen-bond donors (Lipinski definition) is 1. The molecule has 0 aliphatic rings. The van der Waals surface area contributed by atoms with Crippen LogP contribution in [0.5, 0.6) is 5.75 Å². The van der Waals surface area contributed by atoms with E-state index < -0.39 is 0 Å². The van der Waals surface area contributed by atoms with Crippen molar-refractivity contribution in [2.75, 3.05) is 7.11 Å². The van der Waals surface area contributed by atoms with Gasteiger partial charge < -0.3 is 9.84 Å². The molecule has 1 N–H and O–H groups in total. The summed E-state index contributed by atoms with van der Waals surface area (Å²) in [5, 5.41) is 8.37. The van der Waals surface area contributed by atoms with E-state index in [9.17, 15) is 4.79 Å². The van der Waals surface area contributed by atoms with Gasteiger partial charge in [-0.25, -0.2) is 0 Å². The van der Waals surface area contributed by atoms with Gasteiger partial charge in [-0.1, -0.05) is 0 Å². The van der Waals surface area contributed by atoms with Crippen molar-refractivity contribution in [1.29, 1.82) is 0 Å². The van der Waals surface area contributed by atoms with Crippen LogP contribution in [0.25, 0.3) is 0 Å². The summed E-state index contributed by atoms with van der Waals surface area (Å²) in [5.41, 5.74) is 0.520. The van der Waals surface area contributed by atoms with Crippen molar-refractivity contribution in [1.82, 2.24) is 0 Å². The van der Waals surface area contributed by atoms with E-state index >= 15 is 0 Å². The van der Waals surface area contributed by atoms with Gasteiger partial charge >= 0.3 is 0 Å². The van der Waals surface area contributed by atoms with E-state index in [0.717, 1.165) is 12.3 Å². The third-order valence-electron chi connectivity index (χ3n) is 1.60. The topological polar surface area (TPSA) is 46.5 Å². The normalized spacial score (nSPS) is 9.50. The number of benzene rings is 1. The first-order valence-electron chi connectivity index (χ1n) is 3.77. The zero-order chi connectivity index (χ0) is 9.68. The second-order valence-corrected chi connectivity index (χ2v) is 2.41. The van der Waals surface area contributed by atoms with E-state index in [0.29, 0.717) is 11.3 Å². The Kier molecular flexibility index (Phi) is 6.28. The van der Waals surface area contributed by atoms with Crippen LogP contribution in [-0.2, 0) is 0 Å². The van der Waals surface area contributed by atoms with Crippen molar-refractivity contribution in [3.63, 3.8) is 0 Å². The Morgan fingerprint density at radius 3 is 2.36 bits per heavy atom. The maximum Gasteiger partial charge on any atom is 0.188 e. The van der Waals surface area contributed by atoms with Gasteiger partial charge in [0.15, 0.2) is 5.78 Å². The predicted octanol–water partition coefficient (Wildman–Crippen LogP) is 1.57. The third kappa shape index (κ3) is 3.54. The molecule has 1 aromatic rings. The summed E-state index contributed by atoms with van der Waals surface area (Å²) in [6.45, 7) is 0. The summed E-state index contributed by atoms with van der Waals surface area (Å²) in [4.78, 5) is 11.2. The molecule has 4 heteroatoms. The van der Waals surface area contributed by atoms with Crippen molar-refractivity contribution in [3.05, 3.63) is 42.2 Å². The molecule has 0 saturated heterocycles. The smallest absolute Gasteiger partial charge is 0.188 e. The second-order valence-electron chi connectivity index (χ2n) is 2.41. The number of ether oxygens (including phenoxy) is 1. The molecule has 1 radical (unpaired) electrons. The van der Waals surface area contributed by atoms with Crippen LogP contribution >= 0.6 is 0 Å². The van der Waals surface area contributed by atoms with Gasteiger partial charge in [0.2, 0.25) is 0 Å². The summed E-state index contributed by atoms with van der Waals surface area (Å²) in [6.07, 6.45) is 1.83. The van der Waals surface area contributed by atoms with E-state index in [2.05, 4.69) is 0 Å². The van der Waals surface area contributed by atoms with Crippen molar-refractivity contribution < 1.29 is 14.6 Å². The minimum absolute atomic E-state index is 0. The summed E-state index contributed by atoms with van der Waals surface area (Å²) in [7, 11) is 1.56. The number of hydrogen-bond acceptors (Lipinski definition) is 3. The predicted molar refractivity (Wildman–Crippen MR) is 54.8 cm³/mol. The molecule has 0 spiro atoms. The van der Waals surface area contributed by atoms with Crippen LogP contribution in [0.4, 0.5) is 0 Å². The van der Waals surface area contributed by atoms with Crippen molar-refractivity contribution >= 4 is 35.3 Å². The molecule has 3 nitrogen and oxygen atoms in total. The van der Waals surface area contributed by atoms with E-state index in [1.807, 2.05) is 0 Å². The standard InChI is InChI=1S/C10H10O3.Na/c1-13-9-4-2-8(3-5-9)10(12)6-7-11;/h2-7,11H,1H3;. The molecule has 0 aromatic heterocycles. The molecular weight excluding hydrogens is 191 g/mol. The first-order valence-corrected chi connectivity index (χ1v) is 3.77. The van der Waals surface area contributed by atoms with Crippen LogP contribution in [0.3, 0.4) is 0 Å². The van der Waals surface area contributed by atoms with E-state index in [-0.39, 0.29) is 35.3 Å². The fourth-order valence-corrected chi connectivity index (χ4v) is 0.919. The zero-order valence-corrected chi connectivity index (χ0v) is 10.2. The molecule has 0 fully saturated rings. The number of carbonyl (C=O) groups excluding carboxylic acids is 1. The molecule has 0 saturated carbocycles. The SMILES string of the molecule is COc1ccc(C(=O)C=CO)cc1.[Na]. The number of ketones is 1. The fourth-order valence-electron chi connectivity index (χ4n) is 0.919. The van der Waals surface area contributed by atoms with Gasteiger partial charge in [0.25, 0.3) is 0 Å². The Hall–Kier alpha value is -0.770. The van der Waals surface area contributed by atoms with Crippen LogP contribution in [0, 0.1) is 0 Å². The monoisotopic (exact) mass is 201 g/mol. The zero-order valence-electron chi connectivity index (χ0n) is 8.23. The molecule has 14 heavy (non-hydrogen) atoms. The Morgan fingerprint density at radius 1 is 1.36 bits per heavy atom. The molecule has 0 bridgehead atoms. The molecular formula is C10H10NaO3. The maximum atomic E-state index is 11.2. The number of carbonyl (C=O) groups is 1. The van der Waals surface area contributed by atoms with Gasteiger partial charge in [0.1, 0.15) is 5.75 Å². The van der Waals surface area contributed by atoms with Gasteiger partial charge in [0, 0.05) is 41.2 Å². The summed E-state index contributed by atoms with van der Waals surface area (Å²) in [5.74, 6) is 0.467. The first kappa shape index (κ1) is 13.2. The second kappa shape index (κ2) is 6.65. The third-order valence-corrected chi connectivity index (χ3v) is 1.60. The average Bonchev–Trinajstić information content (AvgIpc) is 2.18. The van der Waals surface area contributed by atoms with Crippen LogP contribution in [0.15, 0.2) is 36.6 Å². The maximum absolute atomic E-state index is 11.2. The Bertz CT molecular complexity index is 317. The molecule has 1 aromatic carbocycles. The van der Waals surface area contributed by atoms with E-state index in [1.165, 1.54) is 0 Å². The largest absolute Gasteiger partial charge is 0.515 e. The number of rotatable bonds is 3. The Labute approximate surface area is 105 Å². The van der Waals surface area contributed by atoms with Crippen molar-refractivity contribution in [2.45, 2.75) is 0 Å². The minimum Gasteiger partial charge on any atom is -0.515 e. The van der Waals surface area contributed by atoms with E-state index in [1.54, 1.807) is 31.4 Å². The summed E-state index contributed by atoms with van der Waals surface area (Å²) >= 11 is 0. The summed E-state index contributed by atoms with van der Waals surface area (Å²) < 4.78 is 4.93. The van der Waals surface area contributed by atoms with Gasteiger partial charge in [0.05, 0.1) is 13.4 Å². The first-order chi connectivity index (χ1) is 6.27. The van der Waals surface area contributed by atoms with Crippen LogP contribution in [0.1, 0.15) is 10.4 Å². The van der Waals surface area contributed by atoms with Crippen LogP contribution < -0.4 is 4.74 Å². The molecule has 69 valence electrons. The van der Waals surface area contributed by atoms with Crippen molar-refractivity contribution in [3.8, 4) is 5.75 Å². The average molecular weight is 201 g/mol. The molecule has 1 rings (SSSR count). The molecule has 0 unspecified atom stereocenters. The molecule has 0 heterocycles. The Balaban J connectivity index is 0.00000169. The number of aliphatic hydroxyl groups excluding tert-OH is 1. The van der Waals surface area contributed by atoms with Gasteiger partial charge in [-0.3, -0.25) is 4.79 Å². The van der Waals surface area contributed by atoms with Gasteiger partial charge in [-0.05, 0) is 24.3 Å². The van der Waals surface area contributed by atoms with Gasteiger partial charge in [-0.2, -0.15) is 0 Å². The minimum atomic E-state index is -0.231. The van der Waals surface area contributed by atoms with Crippen LogP contribution in [-0.4, -0.2) is 47.6 Å². The molecule has 0 atom stereocenters. The molecule has 0 aliphatic carbocycles. The fraction of sp³-hybridized carbons (Fsp3) is 0.100. The van der Waals surface area contributed by atoms with Gasteiger partial charge in [-0.15, -0.1) is 0 Å². The van der Waals surface area contributed by atoms with Crippen molar-refractivity contribution in [2.24, 2.45) is 0 Å². The quantitative estimate of drug-likeness (QED) is 0.349. The molecule has 0 aliphatic heterocycles. The number of methoxy groups -OCH3 is 1. The molecule has 0 amide bonds. The number of aliphatic hydroxyl groups is 1. The summed E-state index contributed by atoms with van der Waals surface area (Å²) in [6, 6.07) is 6.67. The number of allylic oxidation sites excluding steroid dienone is 1.